The first-order valence-corrected chi connectivity index (χ1v) is 31.8. The van der Waals surface area contributed by atoms with Gasteiger partial charge < -0.3 is 65.1 Å². The third kappa shape index (κ3) is 33.4. The van der Waals surface area contributed by atoms with E-state index in [0.717, 1.165) is 64.2 Å². The van der Waals surface area contributed by atoms with Crippen LogP contribution >= 0.6 is 0 Å². The van der Waals surface area contributed by atoms with E-state index < -0.39 is 86.8 Å². The van der Waals surface area contributed by atoms with Gasteiger partial charge in [0.2, 0.25) is 5.91 Å². The van der Waals surface area contributed by atoms with Crippen molar-refractivity contribution in [2.45, 2.75) is 364 Å². The minimum absolute atomic E-state index is 0.206. The van der Waals surface area contributed by atoms with Gasteiger partial charge in [-0.1, -0.05) is 271 Å². The van der Waals surface area contributed by atoms with Crippen molar-refractivity contribution in [3.8, 4) is 0 Å². The van der Waals surface area contributed by atoms with Crippen LogP contribution in [-0.2, 0) is 23.7 Å². The number of aliphatic hydroxyl groups is 8. The Morgan fingerprint density at radius 1 is 0.427 bits per heavy atom. The van der Waals surface area contributed by atoms with E-state index in [2.05, 4.69) is 19.2 Å². The topological polar surface area (TPSA) is 228 Å². The highest BCUT2D eigenvalue weighted by Gasteiger charge is 2.51. The van der Waals surface area contributed by atoms with Crippen molar-refractivity contribution in [3.63, 3.8) is 0 Å². The smallest absolute Gasteiger partial charge is 0.220 e. The first kappa shape index (κ1) is 70.1. The Morgan fingerprint density at radius 2 is 0.760 bits per heavy atom. The number of hydrogen-bond acceptors (Lipinski definition) is 13. The highest BCUT2D eigenvalue weighted by atomic mass is 16.7. The highest BCUT2D eigenvalue weighted by molar-refractivity contribution is 5.76. The van der Waals surface area contributed by atoms with E-state index in [1.165, 1.54) is 199 Å². The first-order chi connectivity index (χ1) is 36.6. The number of nitrogens with one attached hydrogen (secondary N) is 1. The predicted octanol–water partition coefficient (Wildman–Crippen LogP) is 11.3. The van der Waals surface area contributed by atoms with Crippen LogP contribution < -0.4 is 5.32 Å². The van der Waals surface area contributed by atoms with Gasteiger partial charge in [-0.05, 0) is 12.8 Å². The maximum absolute atomic E-state index is 13.2. The fourth-order valence-corrected chi connectivity index (χ4v) is 10.9. The zero-order valence-electron chi connectivity index (χ0n) is 48.1. The second-order valence-corrected chi connectivity index (χ2v) is 22.9. The van der Waals surface area contributed by atoms with Crippen LogP contribution in [0.4, 0.5) is 0 Å². The molecular weight excluding hydrogens is 955 g/mol. The van der Waals surface area contributed by atoms with Gasteiger partial charge in [-0.2, -0.15) is 0 Å². The second kappa shape index (κ2) is 47.8. The van der Waals surface area contributed by atoms with Crippen molar-refractivity contribution >= 4 is 5.91 Å². The van der Waals surface area contributed by atoms with Gasteiger partial charge in [-0.3, -0.25) is 4.79 Å². The van der Waals surface area contributed by atoms with Crippen LogP contribution in [0, 0.1) is 0 Å². The highest BCUT2D eigenvalue weighted by Crippen LogP contribution is 2.30. The van der Waals surface area contributed by atoms with E-state index in [9.17, 15) is 45.6 Å². The van der Waals surface area contributed by atoms with Gasteiger partial charge in [-0.15, -0.1) is 0 Å². The molecule has 9 N–H and O–H groups in total. The lowest BCUT2D eigenvalue weighted by Gasteiger charge is -2.46. The molecule has 0 bridgehead atoms. The third-order valence-corrected chi connectivity index (χ3v) is 16.1. The Hall–Kier alpha value is -1.01. The summed E-state index contributed by atoms with van der Waals surface area (Å²) in [6.07, 6.45) is 37.8. The molecule has 1 amide bonds. The van der Waals surface area contributed by atoms with Crippen molar-refractivity contribution < 1.29 is 64.6 Å². The molecule has 2 fully saturated rings. The van der Waals surface area contributed by atoms with Crippen LogP contribution in [-0.4, -0.2) is 140 Å². The lowest BCUT2D eigenvalue weighted by Crippen LogP contribution is -2.65. The Balaban J connectivity index is 1.50. The van der Waals surface area contributed by atoms with Crippen molar-refractivity contribution in [2.75, 3.05) is 19.8 Å². The molecule has 0 aromatic heterocycles. The molecule has 0 saturated carbocycles. The van der Waals surface area contributed by atoms with Gasteiger partial charge >= 0.3 is 0 Å². The van der Waals surface area contributed by atoms with Gasteiger partial charge in [0.25, 0.3) is 0 Å². The molecule has 2 rings (SSSR count). The molecule has 2 aliphatic rings. The van der Waals surface area contributed by atoms with Crippen LogP contribution in [0.5, 0.6) is 0 Å². The number of ether oxygens (including phenoxy) is 4. The van der Waals surface area contributed by atoms with E-state index >= 15 is 0 Å². The van der Waals surface area contributed by atoms with Gasteiger partial charge in [0.15, 0.2) is 12.6 Å². The van der Waals surface area contributed by atoms with E-state index in [0.29, 0.717) is 12.8 Å². The predicted molar refractivity (Wildman–Crippen MR) is 300 cm³/mol. The second-order valence-electron chi connectivity index (χ2n) is 22.9. The molecule has 0 aliphatic carbocycles. The average molecular weight is 1070 g/mol. The molecule has 2 saturated heterocycles. The molecule has 14 nitrogen and oxygen atoms in total. The quantitative estimate of drug-likeness (QED) is 0.0259. The molecule has 446 valence electrons. The lowest BCUT2D eigenvalue weighted by atomic mass is 9.97. The minimum atomic E-state index is -1.78. The standard InChI is InChI=1S/C61H119NO13/c1-3-5-7-9-11-12-13-14-15-16-17-18-19-20-21-22-23-24-25-26-27-28-29-30-31-32-33-34-35-36-37-38-39-41-43-45-53(66)62-49(50(65)44-42-40-10-8-6-4-2)48-72-60-58(71)56(69)59(52(47-64)74-60)75-61-57(70)55(68)54(67)51(46-63)73-61/h49-52,54-61,63-65,67-71H,3-48H2,1-2H3,(H,62,66). The van der Waals surface area contributed by atoms with Crippen molar-refractivity contribution in [2.24, 2.45) is 0 Å². The number of carbonyl (C=O) groups excluding carboxylic acids is 1. The summed E-state index contributed by atoms with van der Waals surface area (Å²) in [5, 5.41) is 86.7. The molecule has 0 spiro atoms. The maximum Gasteiger partial charge on any atom is 0.220 e. The summed E-state index contributed by atoms with van der Waals surface area (Å²) in [6, 6.07) is -0.820. The number of aliphatic hydroxyl groups excluding tert-OH is 8. The first-order valence-electron chi connectivity index (χ1n) is 31.8. The summed E-state index contributed by atoms with van der Waals surface area (Å²) in [7, 11) is 0. The fraction of sp³-hybridized carbons (Fsp3) is 0.984. The molecule has 2 heterocycles. The molecule has 12 unspecified atom stereocenters. The fourth-order valence-electron chi connectivity index (χ4n) is 10.9. The largest absolute Gasteiger partial charge is 0.394 e. The van der Waals surface area contributed by atoms with Crippen LogP contribution in [0.15, 0.2) is 0 Å². The van der Waals surface area contributed by atoms with Gasteiger partial charge in [0, 0.05) is 6.42 Å². The summed E-state index contributed by atoms with van der Waals surface area (Å²) in [5.74, 6) is -0.206. The minimum Gasteiger partial charge on any atom is -0.394 e. The van der Waals surface area contributed by atoms with Crippen LogP contribution in [0.1, 0.15) is 290 Å². The number of hydrogen-bond donors (Lipinski definition) is 9. The number of carbonyl (C=O) groups is 1. The summed E-state index contributed by atoms with van der Waals surface area (Å²) in [4.78, 5) is 13.2. The molecule has 0 aromatic carbocycles. The van der Waals surface area contributed by atoms with Gasteiger partial charge in [0.1, 0.15) is 48.8 Å². The lowest BCUT2D eigenvalue weighted by molar-refractivity contribution is -0.359. The average Bonchev–Trinajstić information content (AvgIpc) is 3.41. The summed E-state index contributed by atoms with van der Waals surface area (Å²) in [5.41, 5.74) is 0. The molecule has 0 radical (unpaired) electrons. The van der Waals surface area contributed by atoms with E-state index in [1.54, 1.807) is 0 Å². The number of amides is 1. The SMILES string of the molecule is CCCCCCCCCCCCCCCCCCCCCCCCCCCCCCCCCCCCCC(=O)NC(COC1OC(CO)C(OC2OC(CO)C(O)C(O)C2O)C(O)C1O)C(O)CCCCCCCC. The number of rotatable bonds is 52. The van der Waals surface area contributed by atoms with Gasteiger partial charge in [0.05, 0.1) is 32.0 Å². The molecule has 0 aromatic rings. The van der Waals surface area contributed by atoms with Crippen molar-refractivity contribution in [3.05, 3.63) is 0 Å². The van der Waals surface area contributed by atoms with E-state index in [4.69, 9.17) is 18.9 Å². The van der Waals surface area contributed by atoms with Gasteiger partial charge in [-0.25, -0.2) is 0 Å². The normalized spacial score (nSPS) is 24.9. The number of unbranched alkanes of at least 4 members (excludes halogenated alkanes) is 39. The monoisotopic (exact) mass is 1070 g/mol. The molecule has 2 aliphatic heterocycles. The summed E-state index contributed by atoms with van der Waals surface area (Å²) < 4.78 is 22.7. The maximum atomic E-state index is 13.2. The van der Waals surface area contributed by atoms with E-state index in [1.807, 2.05) is 0 Å². The molecule has 12 atom stereocenters. The Labute approximate surface area is 457 Å². The van der Waals surface area contributed by atoms with Crippen LogP contribution in [0.2, 0.25) is 0 Å². The molecule has 75 heavy (non-hydrogen) atoms. The Bertz CT molecular complexity index is 1270. The Kier molecular flexibility index (Phi) is 44.6. The molecular formula is C61H119NO13. The van der Waals surface area contributed by atoms with E-state index in [-0.39, 0.29) is 12.5 Å². The third-order valence-electron chi connectivity index (χ3n) is 16.1. The summed E-state index contributed by atoms with van der Waals surface area (Å²) >= 11 is 0. The van der Waals surface area contributed by atoms with Crippen LogP contribution in [0.3, 0.4) is 0 Å². The molecule has 14 heteroatoms. The Morgan fingerprint density at radius 3 is 1.13 bits per heavy atom. The van der Waals surface area contributed by atoms with Crippen molar-refractivity contribution in [1.82, 2.24) is 5.32 Å². The van der Waals surface area contributed by atoms with Crippen molar-refractivity contribution in [1.29, 1.82) is 0 Å². The summed E-state index contributed by atoms with van der Waals surface area (Å²) in [6.45, 7) is 2.81. The van der Waals surface area contributed by atoms with Crippen LogP contribution in [0.25, 0.3) is 0 Å². The zero-order chi connectivity index (χ0) is 54.6. The zero-order valence-corrected chi connectivity index (χ0v) is 48.1.